The van der Waals surface area contributed by atoms with Crippen LogP contribution in [-0.2, 0) is 6.54 Å². The van der Waals surface area contributed by atoms with Crippen LogP contribution in [0.25, 0.3) is 11.5 Å². The molecule has 0 aliphatic carbocycles. The Bertz CT molecular complexity index is 958. The number of carbonyl (C=O) groups excluding carboxylic acids is 1. The highest BCUT2D eigenvalue weighted by Crippen LogP contribution is 2.13. The Morgan fingerprint density at radius 3 is 2.88 bits per heavy atom. The first kappa shape index (κ1) is 14.1. The van der Waals surface area contributed by atoms with Crippen LogP contribution in [0.3, 0.4) is 0 Å². The minimum absolute atomic E-state index is 0.0915. The lowest BCUT2D eigenvalue weighted by molar-refractivity contribution is 0.0941. The number of rotatable bonds is 4. The summed E-state index contributed by atoms with van der Waals surface area (Å²) >= 11 is 0. The second kappa shape index (κ2) is 5.92. The molecule has 0 radical (unpaired) electrons. The normalized spacial score (nSPS) is 10.8. The number of nitrogens with zero attached hydrogens (tertiary/aromatic N) is 6. The first-order chi connectivity index (χ1) is 11.8. The molecule has 0 atom stereocenters. The van der Waals surface area contributed by atoms with E-state index in [-0.39, 0.29) is 11.7 Å². The zero-order valence-corrected chi connectivity index (χ0v) is 12.6. The van der Waals surface area contributed by atoms with Crippen LogP contribution in [0.1, 0.15) is 16.2 Å². The van der Waals surface area contributed by atoms with Gasteiger partial charge in [0.2, 0.25) is 5.82 Å². The zero-order chi connectivity index (χ0) is 16.4. The Balaban J connectivity index is 1.54. The summed E-state index contributed by atoms with van der Waals surface area (Å²) in [6.07, 6.45) is 8.59. The molecule has 8 nitrogen and oxygen atoms in total. The number of hydrogen-bond donors (Lipinski definition) is 1. The van der Waals surface area contributed by atoms with E-state index in [0.717, 1.165) is 11.3 Å². The molecule has 1 amide bonds. The molecular formula is C16H13N7O. The monoisotopic (exact) mass is 319 g/mol. The predicted octanol–water partition coefficient (Wildman–Crippen LogP) is 1.24. The van der Waals surface area contributed by atoms with Gasteiger partial charge in [0, 0.05) is 31.3 Å². The molecule has 0 aliphatic rings. The van der Waals surface area contributed by atoms with Gasteiger partial charge in [0.15, 0.2) is 0 Å². The van der Waals surface area contributed by atoms with Crippen molar-refractivity contribution >= 4 is 11.7 Å². The number of imidazole rings is 1. The fourth-order valence-corrected chi connectivity index (χ4v) is 2.40. The van der Waals surface area contributed by atoms with Gasteiger partial charge in [0.25, 0.3) is 11.7 Å². The molecule has 3 heterocycles. The molecule has 0 unspecified atom stereocenters. The average molecular weight is 319 g/mol. The van der Waals surface area contributed by atoms with E-state index in [4.69, 9.17) is 0 Å². The lowest BCUT2D eigenvalue weighted by Crippen LogP contribution is -2.24. The molecule has 3 aromatic heterocycles. The average Bonchev–Trinajstić information content (AvgIpc) is 3.29. The van der Waals surface area contributed by atoms with Crippen molar-refractivity contribution in [1.29, 1.82) is 0 Å². The van der Waals surface area contributed by atoms with Gasteiger partial charge in [0.1, 0.15) is 0 Å². The molecule has 0 saturated heterocycles. The summed E-state index contributed by atoms with van der Waals surface area (Å²) in [5.41, 5.74) is 1.92. The number of para-hydroxylation sites is 1. The summed E-state index contributed by atoms with van der Waals surface area (Å²) in [6, 6.07) is 9.51. The van der Waals surface area contributed by atoms with E-state index in [1.807, 2.05) is 35.0 Å². The fourth-order valence-electron chi connectivity index (χ4n) is 2.40. The van der Waals surface area contributed by atoms with E-state index >= 15 is 0 Å². The van der Waals surface area contributed by atoms with E-state index in [9.17, 15) is 4.79 Å². The van der Waals surface area contributed by atoms with Gasteiger partial charge in [-0.15, -0.1) is 5.10 Å². The molecule has 24 heavy (non-hydrogen) atoms. The first-order valence-electron chi connectivity index (χ1n) is 7.33. The zero-order valence-electron chi connectivity index (χ0n) is 12.6. The molecule has 0 aliphatic heterocycles. The summed E-state index contributed by atoms with van der Waals surface area (Å²) in [6.45, 7) is 0.357. The van der Waals surface area contributed by atoms with Crippen LogP contribution in [-0.4, -0.2) is 35.0 Å². The number of amides is 1. The number of carbonyl (C=O) groups is 1. The SMILES string of the molecule is O=C(NCc1ccccc1-n1ccnc1)c1nc2ncccn2n1. The molecule has 118 valence electrons. The Kier molecular flexibility index (Phi) is 3.47. The van der Waals surface area contributed by atoms with Crippen LogP contribution < -0.4 is 5.32 Å². The highest BCUT2D eigenvalue weighted by Gasteiger charge is 2.13. The Morgan fingerprint density at radius 1 is 1.12 bits per heavy atom. The van der Waals surface area contributed by atoms with E-state index in [1.165, 1.54) is 4.52 Å². The highest BCUT2D eigenvalue weighted by atomic mass is 16.2. The lowest BCUT2D eigenvalue weighted by Gasteiger charge is -2.10. The van der Waals surface area contributed by atoms with Crippen LogP contribution in [0.2, 0.25) is 0 Å². The third-order valence-corrected chi connectivity index (χ3v) is 3.53. The van der Waals surface area contributed by atoms with Crippen LogP contribution >= 0.6 is 0 Å². The van der Waals surface area contributed by atoms with Crippen molar-refractivity contribution in [2.24, 2.45) is 0 Å². The van der Waals surface area contributed by atoms with Crippen molar-refractivity contribution in [3.05, 3.63) is 72.8 Å². The third kappa shape index (κ3) is 2.60. The number of benzene rings is 1. The molecule has 0 spiro atoms. The summed E-state index contributed by atoms with van der Waals surface area (Å²) in [4.78, 5) is 24.5. The molecule has 0 bridgehead atoms. The van der Waals surface area contributed by atoms with E-state index in [2.05, 4.69) is 25.4 Å². The van der Waals surface area contributed by atoms with Crippen molar-refractivity contribution in [2.45, 2.75) is 6.54 Å². The third-order valence-electron chi connectivity index (χ3n) is 3.53. The Hall–Kier alpha value is -3.55. The summed E-state index contributed by atoms with van der Waals surface area (Å²) < 4.78 is 3.36. The second-order valence-electron chi connectivity index (χ2n) is 5.08. The van der Waals surface area contributed by atoms with Crippen molar-refractivity contribution in [2.75, 3.05) is 0 Å². The quantitative estimate of drug-likeness (QED) is 0.611. The van der Waals surface area contributed by atoms with Gasteiger partial charge in [-0.3, -0.25) is 4.79 Å². The van der Waals surface area contributed by atoms with Gasteiger partial charge < -0.3 is 9.88 Å². The van der Waals surface area contributed by atoms with Gasteiger partial charge in [-0.05, 0) is 17.7 Å². The van der Waals surface area contributed by atoms with E-state index in [1.54, 1.807) is 31.0 Å². The van der Waals surface area contributed by atoms with Crippen molar-refractivity contribution in [1.82, 2.24) is 34.4 Å². The van der Waals surface area contributed by atoms with E-state index < -0.39 is 0 Å². The maximum atomic E-state index is 12.3. The minimum Gasteiger partial charge on any atom is -0.345 e. The smallest absolute Gasteiger partial charge is 0.291 e. The van der Waals surface area contributed by atoms with Crippen LogP contribution in [0.4, 0.5) is 0 Å². The number of aromatic nitrogens is 6. The van der Waals surface area contributed by atoms with Gasteiger partial charge >= 0.3 is 0 Å². The molecule has 0 fully saturated rings. The fraction of sp³-hybridized carbons (Fsp3) is 0.0625. The van der Waals surface area contributed by atoms with Crippen molar-refractivity contribution in [3.63, 3.8) is 0 Å². The molecule has 0 saturated carbocycles. The molecule has 4 rings (SSSR count). The van der Waals surface area contributed by atoms with Gasteiger partial charge in [0.05, 0.1) is 12.0 Å². The Morgan fingerprint density at radius 2 is 2.04 bits per heavy atom. The number of nitrogens with one attached hydrogen (secondary N) is 1. The topological polar surface area (TPSA) is 90.0 Å². The maximum Gasteiger partial charge on any atom is 0.291 e. The van der Waals surface area contributed by atoms with Crippen LogP contribution in [0, 0.1) is 0 Å². The maximum absolute atomic E-state index is 12.3. The van der Waals surface area contributed by atoms with Crippen molar-refractivity contribution in [3.8, 4) is 5.69 Å². The standard InChI is InChI=1S/C16H13N7O/c24-15(14-20-16-18-6-3-8-23(16)21-14)19-10-12-4-1-2-5-13(12)22-9-7-17-11-22/h1-9,11H,10H2,(H,19,24). The lowest BCUT2D eigenvalue weighted by atomic mass is 10.1. The molecule has 8 heteroatoms. The highest BCUT2D eigenvalue weighted by molar-refractivity contribution is 5.90. The second-order valence-corrected chi connectivity index (χ2v) is 5.08. The van der Waals surface area contributed by atoms with Crippen LogP contribution in [0.5, 0.6) is 0 Å². The molecule has 4 aromatic rings. The molecule has 1 aromatic carbocycles. The van der Waals surface area contributed by atoms with Crippen LogP contribution in [0.15, 0.2) is 61.4 Å². The largest absolute Gasteiger partial charge is 0.345 e. The first-order valence-corrected chi connectivity index (χ1v) is 7.33. The van der Waals surface area contributed by atoms with Gasteiger partial charge in [-0.2, -0.15) is 4.98 Å². The number of hydrogen-bond acceptors (Lipinski definition) is 5. The summed E-state index contributed by atoms with van der Waals surface area (Å²) in [5, 5.41) is 6.95. The predicted molar refractivity (Wildman–Crippen MR) is 85.5 cm³/mol. The van der Waals surface area contributed by atoms with E-state index in [0.29, 0.717) is 12.3 Å². The summed E-state index contributed by atoms with van der Waals surface area (Å²) in [5.74, 6) is 0.135. The molecular weight excluding hydrogens is 306 g/mol. The number of fused-ring (bicyclic) bond motifs is 1. The molecule has 1 N–H and O–H groups in total. The minimum atomic E-state index is -0.346. The Labute approximate surface area is 136 Å². The summed E-state index contributed by atoms with van der Waals surface area (Å²) in [7, 11) is 0. The van der Waals surface area contributed by atoms with Gasteiger partial charge in [-0.1, -0.05) is 18.2 Å². The van der Waals surface area contributed by atoms with Gasteiger partial charge in [-0.25, -0.2) is 14.5 Å². The van der Waals surface area contributed by atoms with Crippen molar-refractivity contribution < 1.29 is 4.79 Å².